The van der Waals surface area contributed by atoms with E-state index in [-0.39, 0.29) is 29.6 Å². The van der Waals surface area contributed by atoms with E-state index < -0.39 is 28.2 Å². The second-order valence-electron chi connectivity index (χ2n) is 10.2. The second-order valence-corrected chi connectivity index (χ2v) is 10.2. The molecule has 0 fully saturated rings. The smallest absolute Gasteiger partial charge is 0.346 e. The first-order valence-electron chi connectivity index (χ1n) is 13.9. The van der Waals surface area contributed by atoms with Crippen LogP contribution in [0.1, 0.15) is 50.3 Å². The summed E-state index contributed by atoms with van der Waals surface area (Å²) < 4.78 is 22.7. The lowest BCUT2D eigenvalue weighted by Crippen LogP contribution is -2.25. The minimum Gasteiger partial charge on any atom is -0.496 e. The Morgan fingerprint density at radius 2 is 1.84 bits per heavy atom. The lowest BCUT2D eigenvalue weighted by atomic mass is 9.96. The molecule has 1 heterocycles. The highest BCUT2D eigenvalue weighted by Crippen LogP contribution is 2.39. The Hall–Kier alpha value is -5.26. The first-order chi connectivity index (χ1) is 21.0. The van der Waals surface area contributed by atoms with Gasteiger partial charge in [-0.15, -0.1) is 0 Å². The zero-order valence-electron chi connectivity index (χ0n) is 25.6. The van der Waals surface area contributed by atoms with Crippen molar-refractivity contribution in [3.63, 3.8) is 0 Å². The molecule has 3 aromatic carbocycles. The van der Waals surface area contributed by atoms with Crippen molar-refractivity contribution in [2.24, 2.45) is 5.10 Å². The fourth-order valence-corrected chi connectivity index (χ4v) is 4.69. The molecule has 4 aromatic rings. The maximum Gasteiger partial charge on any atom is 0.346 e. The summed E-state index contributed by atoms with van der Waals surface area (Å²) in [6, 6.07) is 13.5. The lowest BCUT2D eigenvalue weighted by molar-refractivity contribution is -0.386. The summed E-state index contributed by atoms with van der Waals surface area (Å²) in [5.41, 5.74) is 2.29. The van der Waals surface area contributed by atoms with Crippen molar-refractivity contribution in [1.29, 1.82) is 0 Å². The SMILES string of the molecule is CCOc1cc(C=Nn2c(-c3cc(C(C)C)c(OC)cc3C)nc3ccccc3c2=O)cc([N+](=O)[O-])c1O[C@@H](C)C(=O)OC. The third kappa shape index (κ3) is 6.38. The summed E-state index contributed by atoms with van der Waals surface area (Å²) >= 11 is 0. The van der Waals surface area contributed by atoms with Gasteiger partial charge in [0.1, 0.15) is 5.75 Å². The zero-order chi connectivity index (χ0) is 32.1. The Kier molecular flexibility index (Phi) is 9.62. The molecule has 0 aliphatic heterocycles. The first-order valence-corrected chi connectivity index (χ1v) is 13.9. The molecular weight excluding hydrogens is 568 g/mol. The van der Waals surface area contributed by atoms with Crippen LogP contribution in [-0.2, 0) is 9.53 Å². The van der Waals surface area contributed by atoms with Crippen LogP contribution in [0.5, 0.6) is 17.2 Å². The molecule has 0 saturated heterocycles. The fourth-order valence-electron chi connectivity index (χ4n) is 4.69. The zero-order valence-corrected chi connectivity index (χ0v) is 25.6. The van der Waals surface area contributed by atoms with Crippen molar-refractivity contribution < 1.29 is 28.7 Å². The van der Waals surface area contributed by atoms with Gasteiger partial charge >= 0.3 is 11.7 Å². The van der Waals surface area contributed by atoms with E-state index in [1.165, 1.54) is 37.1 Å². The summed E-state index contributed by atoms with van der Waals surface area (Å²) in [4.78, 5) is 42.0. The summed E-state index contributed by atoms with van der Waals surface area (Å²) in [5.74, 6) is 0.214. The van der Waals surface area contributed by atoms with Gasteiger partial charge in [0.25, 0.3) is 5.56 Å². The summed E-state index contributed by atoms with van der Waals surface area (Å²) in [5, 5.41) is 16.9. The maximum atomic E-state index is 13.8. The number of nitro groups is 1. The van der Waals surface area contributed by atoms with Gasteiger partial charge in [-0.2, -0.15) is 9.78 Å². The van der Waals surface area contributed by atoms with Gasteiger partial charge in [0.15, 0.2) is 17.7 Å². The van der Waals surface area contributed by atoms with Crippen LogP contribution in [0.15, 0.2) is 58.4 Å². The second kappa shape index (κ2) is 13.4. The minimum atomic E-state index is -1.13. The molecule has 0 N–H and O–H groups in total. The Balaban J connectivity index is 1.93. The number of benzene rings is 3. The van der Waals surface area contributed by atoms with Gasteiger partial charge < -0.3 is 18.9 Å². The predicted molar refractivity (Wildman–Crippen MR) is 166 cm³/mol. The van der Waals surface area contributed by atoms with Crippen LogP contribution in [0.4, 0.5) is 5.69 Å². The van der Waals surface area contributed by atoms with Crippen LogP contribution >= 0.6 is 0 Å². The molecule has 12 nitrogen and oxygen atoms in total. The number of carbonyl (C=O) groups is 1. The number of para-hydroxylation sites is 1. The number of aromatic nitrogens is 2. The van der Waals surface area contributed by atoms with Crippen molar-refractivity contribution >= 4 is 28.8 Å². The largest absolute Gasteiger partial charge is 0.496 e. The molecule has 1 atom stereocenters. The molecule has 0 amide bonds. The normalized spacial score (nSPS) is 12.0. The average Bonchev–Trinajstić information content (AvgIpc) is 3.00. The van der Waals surface area contributed by atoms with E-state index in [1.54, 1.807) is 38.3 Å². The van der Waals surface area contributed by atoms with E-state index in [9.17, 15) is 19.7 Å². The van der Waals surface area contributed by atoms with Crippen molar-refractivity contribution in [3.05, 3.63) is 85.7 Å². The van der Waals surface area contributed by atoms with Gasteiger partial charge in [0, 0.05) is 17.2 Å². The van der Waals surface area contributed by atoms with Crippen molar-refractivity contribution in [1.82, 2.24) is 9.66 Å². The van der Waals surface area contributed by atoms with Gasteiger partial charge in [-0.1, -0.05) is 26.0 Å². The van der Waals surface area contributed by atoms with Crippen LogP contribution < -0.4 is 19.8 Å². The summed E-state index contributed by atoms with van der Waals surface area (Å²) in [7, 11) is 2.80. The fraction of sp³-hybridized carbons (Fsp3) is 0.312. The lowest BCUT2D eigenvalue weighted by Gasteiger charge is -2.17. The Bertz CT molecular complexity index is 1810. The van der Waals surface area contributed by atoms with Gasteiger partial charge in [-0.05, 0) is 68.1 Å². The molecular formula is C32H34N4O8. The van der Waals surface area contributed by atoms with Gasteiger partial charge in [0.2, 0.25) is 5.75 Å². The van der Waals surface area contributed by atoms with E-state index in [0.717, 1.165) is 16.9 Å². The Morgan fingerprint density at radius 1 is 1.11 bits per heavy atom. The number of nitrogens with zero attached hydrogens (tertiary/aromatic N) is 4. The molecule has 0 bridgehead atoms. The summed E-state index contributed by atoms with van der Waals surface area (Å²) in [6.07, 6.45) is 0.178. The topological polar surface area (TPSA) is 144 Å². The number of hydrogen-bond acceptors (Lipinski definition) is 10. The highest BCUT2D eigenvalue weighted by atomic mass is 16.6. The van der Waals surface area contributed by atoms with E-state index in [2.05, 4.69) is 9.84 Å². The average molecular weight is 603 g/mol. The van der Waals surface area contributed by atoms with Crippen molar-refractivity contribution in [2.75, 3.05) is 20.8 Å². The summed E-state index contributed by atoms with van der Waals surface area (Å²) in [6.45, 7) is 9.25. The molecule has 0 radical (unpaired) electrons. The van der Waals surface area contributed by atoms with Gasteiger partial charge in [-0.25, -0.2) is 9.78 Å². The molecule has 0 saturated carbocycles. The monoisotopic (exact) mass is 602 g/mol. The highest BCUT2D eigenvalue weighted by Gasteiger charge is 2.27. The van der Waals surface area contributed by atoms with Crippen LogP contribution in [0.2, 0.25) is 0 Å². The number of fused-ring (bicyclic) bond motifs is 1. The highest BCUT2D eigenvalue weighted by molar-refractivity contribution is 5.85. The van der Waals surface area contributed by atoms with E-state index >= 15 is 0 Å². The van der Waals surface area contributed by atoms with Gasteiger partial charge in [-0.3, -0.25) is 14.9 Å². The van der Waals surface area contributed by atoms with Crippen molar-refractivity contribution in [3.8, 4) is 28.6 Å². The number of aryl methyl sites for hydroxylation is 1. The number of rotatable bonds is 11. The van der Waals surface area contributed by atoms with E-state index in [0.29, 0.717) is 22.3 Å². The van der Waals surface area contributed by atoms with Crippen LogP contribution in [-0.4, -0.2) is 53.7 Å². The number of ether oxygens (including phenoxy) is 4. The number of carbonyl (C=O) groups excluding carboxylic acids is 1. The van der Waals surface area contributed by atoms with E-state index in [4.69, 9.17) is 19.2 Å². The van der Waals surface area contributed by atoms with Crippen molar-refractivity contribution in [2.45, 2.75) is 46.6 Å². The van der Waals surface area contributed by atoms with Crippen LogP contribution in [0, 0.1) is 17.0 Å². The Labute approximate surface area is 254 Å². The predicted octanol–water partition coefficient (Wildman–Crippen LogP) is 5.63. The number of hydrogen-bond donors (Lipinski definition) is 0. The molecule has 12 heteroatoms. The Morgan fingerprint density at radius 3 is 2.48 bits per heavy atom. The first kappa shape index (κ1) is 31.7. The molecule has 0 spiro atoms. The molecule has 0 unspecified atom stereocenters. The molecule has 0 aliphatic rings. The third-order valence-electron chi connectivity index (χ3n) is 6.90. The quantitative estimate of drug-likeness (QED) is 0.0922. The third-order valence-corrected chi connectivity index (χ3v) is 6.90. The standard InChI is InChI=1S/C32H34N4O8/c1-8-43-28-15-21(14-26(36(39)40)29(28)44-20(5)32(38)42-7)17-33-35-30(34-25-12-10-9-11-22(25)31(35)37)24-16-23(18(2)3)27(41-6)13-19(24)4/h9-18,20H,8H2,1-7H3/t20-/m0/s1. The number of esters is 1. The number of nitro benzene ring substituents is 1. The molecule has 4 rings (SSSR count). The van der Waals surface area contributed by atoms with E-state index in [1.807, 2.05) is 32.9 Å². The van der Waals surface area contributed by atoms with Crippen LogP contribution in [0.3, 0.4) is 0 Å². The van der Waals surface area contributed by atoms with Gasteiger partial charge in [0.05, 0.1) is 42.9 Å². The molecule has 44 heavy (non-hydrogen) atoms. The van der Waals surface area contributed by atoms with Crippen LogP contribution in [0.25, 0.3) is 22.3 Å². The molecule has 0 aliphatic carbocycles. The molecule has 1 aromatic heterocycles. The molecule has 230 valence electrons. The number of methoxy groups -OCH3 is 2. The maximum absolute atomic E-state index is 13.8. The minimum absolute atomic E-state index is 0.0238.